The predicted molar refractivity (Wildman–Crippen MR) is 202 cm³/mol. The number of hydrogen-bond acceptors (Lipinski definition) is 11. The van der Waals surface area contributed by atoms with Crippen LogP contribution in [0.2, 0.25) is 0 Å². The molecule has 4 atom stereocenters. The minimum atomic E-state index is -0.787. The smallest absolute Gasteiger partial charge is 0.306 e. The first kappa shape index (κ1) is 50.9. The normalized spacial score (nSPS) is 19.5. The standard InChI is InChI=1S/C20H40O.C8H13O5P.C6H11O4P.C2H3ClO/c1-5-6-7-8-9-10-11-12-13-14-15-16-17-18-19(21)20(2,3)4;1-6(9)11-4-8(5-12-14)3-2-7(10)13-8;7-3-6(4-9-11)2-1-5(8)10-6;1-2(3)4/h5-18H2,1-4H3;2-5,14H2,1H3;7H,1-4,11H2;1H3. The largest absolute Gasteiger partial charge is 0.462 e. The van der Waals surface area contributed by atoms with Gasteiger partial charge in [-0.15, -0.1) is 0 Å². The molecule has 2 rings (SSSR count). The molecular formula is C36H67ClO11P2. The minimum Gasteiger partial charge on any atom is -0.462 e. The van der Waals surface area contributed by atoms with Gasteiger partial charge in [0.25, 0.3) is 0 Å². The number of cyclic esters (lactones) is 2. The lowest BCUT2D eigenvalue weighted by Gasteiger charge is -2.25. The van der Waals surface area contributed by atoms with Crippen LogP contribution in [0, 0.1) is 5.41 Å². The van der Waals surface area contributed by atoms with Crippen molar-refractivity contribution in [3.8, 4) is 0 Å². The first-order valence-corrected chi connectivity index (χ1v) is 19.3. The molecule has 0 aromatic heterocycles. The van der Waals surface area contributed by atoms with Crippen molar-refractivity contribution in [3.05, 3.63) is 0 Å². The second-order valence-corrected chi connectivity index (χ2v) is 15.2. The maximum absolute atomic E-state index is 11.8. The fourth-order valence-electron chi connectivity index (χ4n) is 5.07. The van der Waals surface area contributed by atoms with Crippen molar-refractivity contribution in [2.24, 2.45) is 5.41 Å². The van der Waals surface area contributed by atoms with Gasteiger partial charge in [0.2, 0.25) is 5.24 Å². The van der Waals surface area contributed by atoms with E-state index in [0.717, 1.165) is 12.8 Å². The van der Waals surface area contributed by atoms with Gasteiger partial charge in [0.1, 0.15) is 12.4 Å². The number of esters is 3. The first-order valence-electron chi connectivity index (χ1n) is 18.0. The second-order valence-electron chi connectivity index (χ2n) is 14.0. The summed E-state index contributed by atoms with van der Waals surface area (Å²) >= 11 is 4.64. The van der Waals surface area contributed by atoms with Crippen molar-refractivity contribution in [2.45, 2.75) is 168 Å². The summed E-state index contributed by atoms with van der Waals surface area (Å²) in [6.45, 7) is 11.3. The maximum Gasteiger partial charge on any atom is 0.306 e. The number of rotatable bonds is 21. The molecule has 294 valence electrons. The molecule has 2 heterocycles. The highest BCUT2D eigenvalue weighted by molar-refractivity contribution is 7.10. The number of aliphatic hydroxyl groups is 1. The Labute approximate surface area is 311 Å². The highest BCUT2D eigenvalue weighted by Crippen LogP contribution is 2.29. The molecule has 0 radical (unpaired) electrons. The Bertz CT molecular complexity index is 957. The summed E-state index contributed by atoms with van der Waals surface area (Å²) in [7, 11) is 4.15. The number of carbonyl (C=O) groups is 5. The third-order valence-corrected chi connectivity index (χ3v) is 8.43. The van der Waals surface area contributed by atoms with Crippen molar-refractivity contribution >= 4 is 59.5 Å². The van der Waals surface area contributed by atoms with Crippen molar-refractivity contribution in [3.63, 3.8) is 0 Å². The van der Waals surface area contributed by atoms with Crippen molar-refractivity contribution < 1.29 is 52.3 Å². The molecule has 2 aliphatic rings. The quantitative estimate of drug-likeness (QED) is 0.0396. The number of aliphatic hydroxyl groups excluding tert-OH is 1. The summed E-state index contributed by atoms with van der Waals surface area (Å²) in [5.74, 6) is -0.512. The van der Waals surface area contributed by atoms with Crippen LogP contribution in [0.4, 0.5) is 0 Å². The van der Waals surface area contributed by atoms with Gasteiger partial charge in [0, 0.05) is 70.3 Å². The Morgan fingerprint density at radius 2 is 1.12 bits per heavy atom. The van der Waals surface area contributed by atoms with Gasteiger partial charge in [-0.25, -0.2) is 0 Å². The fourth-order valence-corrected chi connectivity index (χ4v) is 5.67. The number of ketones is 1. The van der Waals surface area contributed by atoms with E-state index in [1.807, 2.05) is 20.8 Å². The third-order valence-electron chi connectivity index (χ3n) is 8.09. The van der Waals surface area contributed by atoms with Gasteiger partial charge in [0.05, 0.1) is 19.8 Å². The molecule has 0 bridgehead atoms. The molecule has 2 saturated heterocycles. The molecule has 0 amide bonds. The molecule has 11 nitrogen and oxygen atoms in total. The molecule has 2 aliphatic heterocycles. The van der Waals surface area contributed by atoms with E-state index in [4.69, 9.17) is 28.4 Å². The van der Waals surface area contributed by atoms with Gasteiger partial charge in [-0.3, -0.25) is 24.0 Å². The van der Waals surface area contributed by atoms with Gasteiger partial charge < -0.3 is 28.4 Å². The Kier molecular flexibility index (Phi) is 30.8. The SMILES string of the molecule is CC(=O)Cl.CC(=O)OCC1(COP)CCC(=O)O1.CCCCCCCCCCCCCCCC(=O)C(C)(C)C.O=C1CCC(CO)(COP)O1. The summed E-state index contributed by atoms with van der Waals surface area (Å²) in [5.41, 5.74) is -1.71. The van der Waals surface area contributed by atoms with Gasteiger partial charge in [-0.2, -0.15) is 0 Å². The molecule has 0 spiro atoms. The molecule has 4 unspecified atom stereocenters. The van der Waals surface area contributed by atoms with Gasteiger partial charge in [0.15, 0.2) is 11.2 Å². The molecule has 0 aliphatic carbocycles. The van der Waals surface area contributed by atoms with Crippen LogP contribution in [-0.2, 0) is 47.2 Å². The Hall–Kier alpha value is -1.22. The zero-order valence-corrected chi connectivity index (χ0v) is 34.7. The number of unbranched alkanes of at least 4 members (excludes halogenated alkanes) is 12. The number of Topliss-reactive ketones (excluding diaryl/α,β-unsaturated/α-hetero) is 1. The lowest BCUT2D eigenvalue weighted by Crippen LogP contribution is -2.39. The number of carbonyl (C=O) groups excluding carboxylic acids is 5. The highest BCUT2D eigenvalue weighted by Gasteiger charge is 2.42. The second kappa shape index (κ2) is 30.3. The summed E-state index contributed by atoms with van der Waals surface area (Å²) in [5, 5.41) is 8.54. The van der Waals surface area contributed by atoms with Crippen LogP contribution in [0.15, 0.2) is 0 Å². The van der Waals surface area contributed by atoms with E-state index in [1.54, 1.807) is 0 Å². The van der Waals surface area contributed by atoms with E-state index in [-0.39, 0.29) is 49.0 Å². The summed E-state index contributed by atoms with van der Waals surface area (Å²) < 4.78 is 24.4. The molecule has 2 fully saturated rings. The van der Waals surface area contributed by atoms with Crippen molar-refractivity contribution in [1.29, 1.82) is 0 Å². The van der Waals surface area contributed by atoms with Crippen molar-refractivity contribution in [1.82, 2.24) is 0 Å². The molecule has 0 aromatic rings. The topological polar surface area (TPSA) is 152 Å². The Morgan fingerprint density at radius 1 is 0.740 bits per heavy atom. The van der Waals surface area contributed by atoms with Gasteiger partial charge in [-0.05, 0) is 18.0 Å². The lowest BCUT2D eigenvalue weighted by atomic mass is 9.88. The molecule has 1 N–H and O–H groups in total. The molecule has 0 saturated carbocycles. The Morgan fingerprint density at radius 3 is 1.44 bits per heavy atom. The molecule has 50 heavy (non-hydrogen) atoms. The predicted octanol–water partition coefficient (Wildman–Crippen LogP) is 8.15. The van der Waals surface area contributed by atoms with E-state index < -0.39 is 17.2 Å². The zero-order valence-electron chi connectivity index (χ0n) is 31.6. The van der Waals surface area contributed by atoms with Crippen LogP contribution >= 0.6 is 30.5 Å². The van der Waals surface area contributed by atoms with Crippen molar-refractivity contribution in [2.75, 3.05) is 26.4 Å². The average molecular weight is 773 g/mol. The molecule has 14 heteroatoms. The first-order chi connectivity index (χ1) is 23.5. The minimum absolute atomic E-state index is 0.0580. The van der Waals surface area contributed by atoms with Crippen LogP contribution in [-0.4, -0.2) is 71.7 Å². The average Bonchev–Trinajstić information content (AvgIpc) is 3.60. The summed E-state index contributed by atoms with van der Waals surface area (Å²) in [6, 6.07) is 0. The van der Waals surface area contributed by atoms with E-state index in [0.29, 0.717) is 31.5 Å². The third kappa shape index (κ3) is 28.4. The fraction of sp³-hybridized carbons (Fsp3) is 0.861. The van der Waals surface area contributed by atoms with E-state index in [1.165, 1.54) is 90.9 Å². The summed E-state index contributed by atoms with van der Waals surface area (Å²) in [6.07, 6.45) is 20.3. The number of ether oxygens (including phenoxy) is 3. The van der Waals surface area contributed by atoms with Crippen LogP contribution < -0.4 is 0 Å². The number of hydrogen-bond donors (Lipinski definition) is 1. The van der Waals surface area contributed by atoms with E-state index >= 15 is 0 Å². The van der Waals surface area contributed by atoms with Crippen LogP contribution in [0.5, 0.6) is 0 Å². The lowest BCUT2D eigenvalue weighted by molar-refractivity contribution is -0.164. The Balaban J connectivity index is 0. The number of halogens is 1. The molecule has 0 aromatic carbocycles. The van der Waals surface area contributed by atoms with Gasteiger partial charge >= 0.3 is 17.9 Å². The van der Waals surface area contributed by atoms with Crippen LogP contribution in [0.3, 0.4) is 0 Å². The van der Waals surface area contributed by atoms with E-state index in [9.17, 15) is 24.0 Å². The van der Waals surface area contributed by atoms with E-state index in [2.05, 4.69) is 37.5 Å². The maximum atomic E-state index is 11.8. The molecular weight excluding hydrogens is 706 g/mol. The van der Waals surface area contributed by atoms with Gasteiger partial charge in [-0.1, -0.05) is 105 Å². The summed E-state index contributed by atoms with van der Waals surface area (Å²) in [4.78, 5) is 53.2. The highest BCUT2D eigenvalue weighted by atomic mass is 35.5. The van der Waals surface area contributed by atoms with Crippen LogP contribution in [0.25, 0.3) is 0 Å². The zero-order chi connectivity index (χ0) is 38.5. The monoisotopic (exact) mass is 772 g/mol. The van der Waals surface area contributed by atoms with Crippen LogP contribution in [0.1, 0.15) is 157 Å².